The summed E-state index contributed by atoms with van der Waals surface area (Å²) in [5, 5.41) is 19.8. The van der Waals surface area contributed by atoms with Crippen molar-refractivity contribution < 1.29 is 24.3 Å². The minimum atomic E-state index is -1.11. The van der Waals surface area contributed by atoms with Gasteiger partial charge < -0.3 is 20.3 Å². The summed E-state index contributed by atoms with van der Waals surface area (Å²) < 4.78 is 10.1. The Morgan fingerprint density at radius 1 is 1.41 bits per heavy atom. The fourth-order valence-corrected chi connectivity index (χ4v) is 2.53. The van der Waals surface area contributed by atoms with Crippen molar-refractivity contribution in [2.75, 3.05) is 20.0 Å². The summed E-state index contributed by atoms with van der Waals surface area (Å²) in [6.45, 7) is 0. The van der Waals surface area contributed by atoms with Crippen LogP contribution in [-0.2, 0) is 10.5 Å². The third-order valence-corrected chi connectivity index (χ3v) is 3.76. The van der Waals surface area contributed by atoms with Gasteiger partial charge in [-0.05, 0) is 6.07 Å². The van der Waals surface area contributed by atoms with Crippen LogP contribution in [0.4, 0.5) is 5.69 Å². The van der Waals surface area contributed by atoms with Crippen LogP contribution in [0, 0.1) is 10.1 Å². The molecule has 22 heavy (non-hydrogen) atoms. The number of benzene rings is 1. The van der Waals surface area contributed by atoms with E-state index in [2.05, 4.69) is 0 Å². The lowest BCUT2D eigenvalue weighted by molar-refractivity contribution is -0.385. The van der Waals surface area contributed by atoms with E-state index < -0.39 is 16.9 Å². The molecule has 0 aliphatic carbocycles. The molecule has 0 saturated heterocycles. The molecule has 10 heteroatoms. The predicted octanol–water partition coefficient (Wildman–Crippen LogP) is 1.68. The van der Waals surface area contributed by atoms with E-state index >= 15 is 0 Å². The van der Waals surface area contributed by atoms with Crippen molar-refractivity contribution in [1.82, 2.24) is 0 Å². The smallest absolute Gasteiger partial charge is 0.321 e. The molecule has 0 aliphatic rings. The van der Waals surface area contributed by atoms with Gasteiger partial charge in [-0.15, -0.1) is 12.4 Å². The van der Waals surface area contributed by atoms with Gasteiger partial charge in [0.2, 0.25) is 0 Å². The van der Waals surface area contributed by atoms with Crippen molar-refractivity contribution >= 4 is 35.8 Å². The summed E-state index contributed by atoms with van der Waals surface area (Å²) in [7, 11) is 2.82. The SMILES string of the molecule is COc1cc(CSC[C@H](N)C(=O)O)c([N+](=O)[O-])cc1OC.Cl. The number of ether oxygens (including phenoxy) is 2. The molecular weight excluding hydrogens is 336 g/mol. The first-order valence-corrected chi connectivity index (χ1v) is 7.01. The fraction of sp³-hybridized carbons (Fsp3) is 0.417. The van der Waals surface area contributed by atoms with E-state index in [1.807, 2.05) is 0 Å². The molecule has 0 spiro atoms. The van der Waals surface area contributed by atoms with Gasteiger partial charge in [-0.3, -0.25) is 14.9 Å². The molecule has 1 rings (SSSR count). The van der Waals surface area contributed by atoms with Crippen LogP contribution in [0.25, 0.3) is 0 Å². The lowest BCUT2D eigenvalue weighted by Gasteiger charge is -2.11. The summed E-state index contributed by atoms with van der Waals surface area (Å²) in [4.78, 5) is 21.2. The first-order chi connectivity index (χ1) is 9.90. The van der Waals surface area contributed by atoms with Crippen LogP contribution in [0.2, 0.25) is 0 Å². The number of methoxy groups -OCH3 is 2. The number of carboxylic acid groups (broad SMARTS) is 1. The van der Waals surface area contributed by atoms with Gasteiger partial charge in [-0.2, -0.15) is 11.8 Å². The molecule has 0 radical (unpaired) electrons. The Labute approximate surface area is 137 Å². The minimum Gasteiger partial charge on any atom is -0.493 e. The van der Waals surface area contributed by atoms with Crippen molar-refractivity contribution in [3.63, 3.8) is 0 Å². The van der Waals surface area contributed by atoms with E-state index in [1.165, 1.54) is 38.1 Å². The highest BCUT2D eigenvalue weighted by molar-refractivity contribution is 7.98. The number of nitro benzene ring substituents is 1. The standard InChI is InChI=1S/C12H16N2O6S.ClH/c1-19-10-3-7(5-21-6-8(13)12(15)16)9(14(17)18)4-11(10)20-2;/h3-4,8H,5-6,13H2,1-2H3,(H,15,16);1H/t8-;/m0./s1. The Kier molecular flexibility index (Phi) is 8.61. The molecule has 0 amide bonds. The van der Waals surface area contributed by atoms with Gasteiger partial charge in [0, 0.05) is 17.1 Å². The Morgan fingerprint density at radius 3 is 2.41 bits per heavy atom. The lowest BCUT2D eigenvalue weighted by atomic mass is 10.2. The van der Waals surface area contributed by atoms with Crippen molar-refractivity contribution in [2.24, 2.45) is 5.73 Å². The number of hydrogen-bond acceptors (Lipinski definition) is 7. The van der Waals surface area contributed by atoms with E-state index in [9.17, 15) is 14.9 Å². The van der Waals surface area contributed by atoms with E-state index in [4.69, 9.17) is 20.3 Å². The zero-order valence-corrected chi connectivity index (χ0v) is 13.6. The molecular formula is C12H17ClN2O6S. The highest BCUT2D eigenvalue weighted by atomic mass is 35.5. The second kappa shape index (κ2) is 9.34. The van der Waals surface area contributed by atoms with Crippen molar-refractivity contribution in [2.45, 2.75) is 11.8 Å². The van der Waals surface area contributed by atoms with Crippen molar-refractivity contribution in [1.29, 1.82) is 0 Å². The molecule has 1 atom stereocenters. The summed E-state index contributed by atoms with van der Waals surface area (Å²) in [5.74, 6) is -0.0656. The maximum absolute atomic E-state index is 11.1. The minimum absolute atomic E-state index is 0. The summed E-state index contributed by atoms with van der Waals surface area (Å²) >= 11 is 1.20. The first kappa shape index (κ1) is 20.3. The van der Waals surface area contributed by atoms with Gasteiger partial charge in [0.1, 0.15) is 6.04 Å². The monoisotopic (exact) mass is 352 g/mol. The van der Waals surface area contributed by atoms with Gasteiger partial charge in [-0.1, -0.05) is 0 Å². The molecule has 0 aliphatic heterocycles. The third kappa shape index (κ3) is 5.24. The van der Waals surface area contributed by atoms with E-state index in [-0.39, 0.29) is 35.3 Å². The number of carboxylic acids is 1. The quantitative estimate of drug-likeness (QED) is 0.534. The van der Waals surface area contributed by atoms with Crippen LogP contribution in [0.1, 0.15) is 5.56 Å². The lowest BCUT2D eigenvalue weighted by Crippen LogP contribution is -2.32. The molecule has 0 bridgehead atoms. The van der Waals surface area contributed by atoms with Crippen LogP contribution < -0.4 is 15.2 Å². The molecule has 124 valence electrons. The molecule has 0 fully saturated rings. The number of carbonyl (C=O) groups is 1. The Balaban J connectivity index is 0.00000441. The van der Waals surface area contributed by atoms with Gasteiger partial charge in [0.15, 0.2) is 11.5 Å². The molecule has 0 unspecified atom stereocenters. The van der Waals surface area contributed by atoms with E-state index in [0.717, 1.165) is 0 Å². The van der Waals surface area contributed by atoms with Crippen LogP contribution in [0.3, 0.4) is 0 Å². The Bertz CT molecular complexity index is 543. The normalized spacial score (nSPS) is 11.2. The van der Waals surface area contributed by atoms with Crippen LogP contribution in [0.5, 0.6) is 11.5 Å². The summed E-state index contributed by atoms with van der Waals surface area (Å²) in [6.07, 6.45) is 0. The Hall–Kier alpha value is -1.71. The zero-order chi connectivity index (χ0) is 16.0. The Morgan fingerprint density at radius 2 is 1.95 bits per heavy atom. The van der Waals surface area contributed by atoms with Gasteiger partial charge in [0.25, 0.3) is 5.69 Å². The van der Waals surface area contributed by atoms with Crippen LogP contribution in [0.15, 0.2) is 12.1 Å². The summed E-state index contributed by atoms with van der Waals surface area (Å²) in [6, 6.07) is 1.79. The fourth-order valence-electron chi connectivity index (χ4n) is 1.56. The average Bonchev–Trinajstić information content (AvgIpc) is 2.45. The van der Waals surface area contributed by atoms with E-state index in [0.29, 0.717) is 11.3 Å². The van der Waals surface area contributed by atoms with E-state index in [1.54, 1.807) is 0 Å². The largest absolute Gasteiger partial charge is 0.493 e. The van der Waals surface area contributed by atoms with Crippen LogP contribution >= 0.6 is 24.2 Å². The van der Waals surface area contributed by atoms with Gasteiger partial charge in [0.05, 0.1) is 25.2 Å². The zero-order valence-electron chi connectivity index (χ0n) is 12.0. The van der Waals surface area contributed by atoms with Gasteiger partial charge in [-0.25, -0.2) is 0 Å². The third-order valence-electron chi connectivity index (χ3n) is 2.65. The number of nitrogens with zero attached hydrogens (tertiary/aromatic N) is 1. The number of aliphatic carboxylic acids is 1. The molecule has 8 nitrogen and oxygen atoms in total. The predicted molar refractivity (Wildman–Crippen MR) is 85.2 cm³/mol. The second-order valence-electron chi connectivity index (χ2n) is 4.05. The van der Waals surface area contributed by atoms with Crippen molar-refractivity contribution in [3.8, 4) is 11.5 Å². The molecule has 0 heterocycles. The molecule has 1 aromatic carbocycles. The van der Waals surface area contributed by atoms with Crippen LogP contribution in [-0.4, -0.2) is 42.0 Å². The number of hydrogen-bond donors (Lipinski definition) is 2. The molecule has 0 saturated carbocycles. The number of nitrogens with two attached hydrogens (primary N) is 1. The molecule has 0 aromatic heterocycles. The summed E-state index contributed by atoms with van der Waals surface area (Å²) in [5.41, 5.74) is 5.69. The molecule has 3 N–H and O–H groups in total. The number of rotatable bonds is 8. The first-order valence-electron chi connectivity index (χ1n) is 5.86. The highest BCUT2D eigenvalue weighted by Crippen LogP contribution is 2.36. The van der Waals surface area contributed by atoms with Crippen molar-refractivity contribution in [3.05, 3.63) is 27.8 Å². The highest BCUT2D eigenvalue weighted by Gasteiger charge is 2.20. The van der Waals surface area contributed by atoms with Gasteiger partial charge >= 0.3 is 5.97 Å². The maximum atomic E-state index is 11.1. The number of nitro groups is 1. The molecule has 1 aromatic rings. The maximum Gasteiger partial charge on any atom is 0.321 e. The number of halogens is 1. The second-order valence-corrected chi connectivity index (χ2v) is 5.08. The topological polar surface area (TPSA) is 125 Å². The number of thioether (sulfide) groups is 1. The average molecular weight is 353 g/mol.